The van der Waals surface area contributed by atoms with E-state index in [1.165, 1.54) is 11.3 Å². The van der Waals surface area contributed by atoms with Crippen molar-refractivity contribution in [2.24, 2.45) is 0 Å². The van der Waals surface area contributed by atoms with E-state index >= 15 is 0 Å². The molecule has 0 spiro atoms. The van der Waals surface area contributed by atoms with Gasteiger partial charge in [-0.1, -0.05) is 11.3 Å². The molecule has 0 atom stereocenters. The Bertz CT molecular complexity index is 1020. The summed E-state index contributed by atoms with van der Waals surface area (Å²) in [6.07, 6.45) is 2.64. The molecular weight excluding hydrogens is 342 g/mol. The Morgan fingerprint density at radius 3 is 2.96 bits per heavy atom. The second kappa shape index (κ2) is 6.29. The van der Waals surface area contributed by atoms with Crippen LogP contribution in [0, 0.1) is 6.92 Å². The van der Waals surface area contributed by atoms with Crippen molar-refractivity contribution in [2.75, 3.05) is 11.9 Å². The molecule has 2 aromatic heterocycles. The van der Waals surface area contributed by atoms with E-state index in [9.17, 15) is 9.59 Å². The van der Waals surface area contributed by atoms with Gasteiger partial charge < -0.3 is 9.15 Å². The first kappa shape index (κ1) is 15.8. The van der Waals surface area contributed by atoms with Gasteiger partial charge in [-0.25, -0.2) is 4.79 Å². The molecule has 8 heteroatoms. The summed E-state index contributed by atoms with van der Waals surface area (Å²) in [6, 6.07) is 5.31. The Hall–Kier alpha value is -2.74. The molecule has 3 aromatic rings. The average molecular weight is 357 g/mol. The number of carbonyl (C=O) groups is 1. The summed E-state index contributed by atoms with van der Waals surface area (Å²) in [5, 5.41) is 12.4. The van der Waals surface area contributed by atoms with Crippen molar-refractivity contribution < 1.29 is 13.9 Å². The van der Waals surface area contributed by atoms with Gasteiger partial charge in [0.05, 0.1) is 0 Å². The highest BCUT2D eigenvalue weighted by atomic mass is 32.1. The van der Waals surface area contributed by atoms with Crippen LogP contribution in [0.2, 0.25) is 0 Å². The number of benzene rings is 1. The van der Waals surface area contributed by atoms with E-state index in [2.05, 4.69) is 15.5 Å². The number of hydrogen-bond donors (Lipinski definition) is 1. The molecule has 0 fully saturated rings. The first-order valence-corrected chi connectivity index (χ1v) is 8.73. The SMILES string of the molecule is Cc1nnc(NC(=O)COc2ccc3c4c(c(=O)oc3c2)CCC4)s1. The minimum Gasteiger partial charge on any atom is -0.484 e. The number of hydrogen-bond acceptors (Lipinski definition) is 7. The van der Waals surface area contributed by atoms with Crippen molar-refractivity contribution in [1.29, 1.82) is 0 Å². The van der Waals surface area contributed by atoms with Crippen molar-refractivity contribution >= 4 is 33.3 Å². The van der Waals surface area contributed by atoms with Gasteiger partial charge in [-0.05, 0) is 43.9 Å². The van der Waals surface area contributed by atoms with Crippen LogP contribution in [-0.2, 0) is 17.6 Å². The van der Waals surface area contributed by atoms with Crippen LogP contribution in [0.25, 0.3) is 11.0 Å². The first-order chi connectivity index (χ1) is 12.1. The van der Waals surface area contributed by atoms with Gasteiger partial charge in [0, 0.05) is 17.0 Å². The summed E-state index contributed by atoms with van der Waals surface area (Å²) in [5.41, 5.74) is 2.07. The number of rotatable bonds is 4. The van der Waals surface area contributed by atoms with Crippen molar-refractivity contribution in [1.82, 2.24) is 10.2 Å². The van der Waals surface area contributed by atoms with Gasteiger partial charge >= 0.3 is 5.63 Å². The highest BCUT2D eigenvalue weighted by molar-refractivity contribution is 7.15. The minimum atomic E-state index is -0.327. The van der Waals surface area contributed by atoms with Gasteiger partial charge in [-0.15, -0.1) is 10.2 Å². The number of carbonyl (C=O) groups excluding carboxylic acids is 1. The van der Waals surface area contributed by atoms with Crippen LogP contribution in [0.1, 0.15) is 22.6 Å². The molecule has 2 heterocycles. The number of aromatic nitrogens is 2. The van der Waals surface area contributed by atoms with Crippen LogP contribution in [0.5, 0.6) is 5.75 Å². The fourth-order valence-electron chi connectivity index (χ4n) is 3.01. The summed E-state index contributed by atoms with van der Waals surface area (Å²) >= 11 is 1.29. The van der Waals surface area contributed by atoms with Crippen molar-refractivity contribution in [2.45, 2.75) is 26.2 Å². The van der Waals surface area contributed by atoms with E-state index < -0.39 is 0 Å². The van der Waals surface area contributed by atoms with Gasteiger partial charge in [0.15, 0.2) is 6.61 Å². The molecule has 0 saturated heterocycles. The topological polar surface area (TPSA) is 94.3 Å². The maximum Gasteiger partial charge on any atom is 0.339 e. The predicted molar refractivity (Wildman–Crippen MR) is 93.3 cm³/mol. The number of nitrogens with one attached hydrogen (secondary N) is 1. The molecule has 1 N–H and O–H groups in total. The molecule has 0 aliphatic heterocycles. The van der Waals surface area contributed by atoms with Crippen LogP contribution in [-0.4, -0.2) is 22.7 Å². The Kier molecular flexibility index (Phi) is 3.96. The van der Waals surface area contributed by atoms with E-state index in [0.29, 0.717) is 16.5 Å². The smallest absolute Gasteiger partial charge is 0.339 e. The van der Waals surface area contributed by atoms with E-state index in [1.54, 1.807) is 12.1 Å². The molecule has 4 rings (SSSR count). The van der Waals surface area contributed by atoms with Gasteiger partial charge in [0.1, 0.15) is 16.3 Å². The van der Waals surface area contributed by atoms with Crippen LogP contribution in [0.4, 0.5) is 5.13 Å². The maximum atomic E-state index is 12.0. The average Bonchev–Trinajstić information content (AvgIpc) is 3.22. The number of aryl methyl sites for hydroxylation is 2. The van der Waals surface area contributed by atoms with Crippen molar-refractivity contribution in [3.05, 3.63) is 44.8 Å². The molecule has 0 radical (unpaired) electrons. The van der Waals surface area contributed by atoms with Crippen molar-refractivity contribution in [3.63, 3.8) is 0 Å². The Balaban J connectivity index is 1.49. The van der Waals surface area contributed by atoms with E-state index in [0.717, 1.165) is 40.8 Å². The quantitative estimate of drug-likeness (QED) is 0.721. The lowest BCUT2D eigenvalue weighted by atomic mass is 10.1. The second-order valence-corrected chi connectivity index (χ2v) is 7.00. The molecule has 1 aliphatic carbocycles. The van der Waals surface area contributed by atoms with Crippen molar-refractivity contribution in [3.8, 4) is 5.75 Å². The highest BCUT2D eigenvalue weighted by Gasteiger charge is 2.19. The number of anilines is 1. The van der Waals surface area contributed by atoms with E-state index in [1.807, 2.05) is 13.0 Å². The van der Waals surface area contributed by atoms with Gasteiger partial charge in [-0.2, -0.15) is 0 Å². The predicted octanol–water partition coefficient (Wildman–Crippen LogP) is 2.46. The molecule has 7 nitrogen and oxygen atoms in total. The fourth-order valence-corrected chi connectivity index (χ4v) is 3.61. The molecule has 1 aromatic carbocycles. The molecule has 0 unspecified atom stereocenters. The molecule has 0 bridgehead atoms. The summed E-state index contributed by atoms with van der Waals surface area (Å²) in [5.74, 6) is 0.142. The van der Waals surface area contributed by atoms with Crippen LogP contribution < -0.4 is 15.7 Å². The molecule has 1 amide bonds. The summed E-state index contributed by atoms with van der Waals surface area (Å²) in [7, 11) is 0. The standard InChI is InChI=1S/C17H15N3O4S/c1-9-19-20-17(25-9)18-15(21)8-23-10-5-6-12-11-3-2-4-13(11)16(22)24-14(12)7-10/h5-7H,2-4,8H2,1H3,(H,18,20,21). The molecule has 1 aliphatic rings. The lowest BCUT2D eigenvalue weighted by Crippen LogP contribution is -2.20. The summed E-state index contributed by atoms with van der Waals surface area (Å²) in [6.45, 7) is 1.64. The van der Waals surface area contributed by atoms with Crippen LogP contribution >= 0.6 is 11.3 Å². The fraction of sp³-hybridized carbons (Fsp3) is 0.294. The van der Waals surface area contributed by atoms with Crippen LogP contribution in [0.15, 0.2) is 27.4 Å². The number of fused-ring (bicyclic) bond motifs is 3. The number of amides is 1. The largest absolute Gasteiger partial charge is 0.484 e. The summed E-state index contributed by atoms with van der Waals surface area (Å²) in [4.78, 5) is 23.9. The zero-order valence-corrected chi connectivity index (χ0v) is 14.3. The Morgan fingerprint density at radius 2 is 2.16 bits per heavy atom. The van der Waals surface area contributed by atoms with Gasteiger partial charge in [-0.3, -0.25) is 10.1 Å². The highest BCUT2D eigenvalue weighted by Crippen LogP contribution is 2.29. The van der Waals surface area contributed by atoms with Gasteiger partial charge in [0.2, 0.25) is 5.13 Å². The molecule has 128 valence electrons. The van der Waals surface area contributed by atoms with Crippen LogP contribution in [0.3, 0.4) is 0 Å². The second-order valence-electron chi connectivity index (χ2n) is 5.82. The number of ether oxygens (including phenoxy) is 1. The number of nitrogens with zero attached hydrogens (tertiary/aromatic N) is 2. The third-order valence-corrected chi connectivity index (χ3v) is 4.84. The monoisotopic (exact) mass is 357 g/mol. The lowest BCUT2D eigenvalue weighted by molar-refractivity contribution is -0.118. The molecule has 25 heavy (non-hydrogen) atoms. The van der Waals surface area contributed by atoms with E-state index in [4.69, 9.17) is 9.15 Å². The maximum absolute atomic E-state index is 12.0. The summed E-state index contributed by atoms with van der Waals surface area (Å²) < 4.78 is 10.9. The first-order valence-electron chi connectivity index (χ1n) is 7.91. The van der Waals surface area contributed by atoms with E-state index in [-0.39, 0.29) is 18.1 Å². The molecule has 0 saturated carbocycles. The lowest BCUT2D eigenvalue weighted by Gasteiger charge is -2.08. The van der Waals surface area contributed by atoms with Gasteiger partial charge in [0.25, 0.3) is 5.91 Å². The zero-order chi connectivity index (χ0) is 17.4. The Labute approximate surface area is 146 Å². The Morgan fingerprint density at radius 1 is 1.32 bits per heavy atom. The molecular formula is C17H15N3O4S. The zero-order valence-electron chi connectivity index (χ0n) is 13.5. The normalized spacial score (nSPS) is 13.0. The minimum absolute atomic E-state index is 0.167. The third kappa shape index (κ3) is 3.12. The third-order valence-electron chi connectivity index (χ3n) is 4.09.